The highest BCUT2D eigenvalue weighted by atomic mass is 19.1. The van der Waals surface area contributed by atoms with Crippen LogP contribution >= 0.6 is 0 Å². The summed E-state index contributed by atoms with van der Waals surface area (Å²) in [7, 11) is 0. The molecule has 0 saturated carbocycles. The molecule has 0 aliphatic carbocycles. The van der Waals surface area contributed by atoms with Gasteiger partial charge in [0, 0.05) is 13.0 Å². The highest BCUT2D eigenvalue weighted by Crippen LogP contribution is 2.26. The van der Waals surface area contributed by atoms with Gasteiger partial charge in [-0.25, -0.2) is 4.98 Å². The molecular formula is C10H10FN5O2. The second-order valence-electron chi connectivity index (χ2n) is 3.50. The minimum Gasteiger partial charge on any atom is -0.379 e. The minimum absolute atomic E-state index is 0.152. The monoisotopic (exact) mass is 251 g/mol. The van der Waals surface area contributed by atoms with E-state index in [1.807, 2.05) is 0 Å². The van der Waals surface area contributed by atoms with Crippen molar-refractivity contribution in [2.45, 2.75) is 6.42 Å². The Morgan fingerprint density at radius 3 is 3.00 bits per heavy atom. The van der Waals surface area contributed by atoms with Crippen molar-refractivity contribution in [1.29, 1.82) is 0 Å². The largest absolute Gasteiger partial charge is 0.379 e. The van der Waals surface area contributed by atoms with Crippen LogP contribution in [-0.4, -0.2) is 26.6 Å². The van der Waals surface area contributed by atoms with Crippen molar-refractivity contribution in [1.82, 2.24) is 15.2 Å². The van der Waals surface area contributed by atoms with Crippen LogP contribution in [0, 0.1) is 15.9 Å². The molecule has 7 nitrogen and oxygen atoms in total. The van der Waals surface area contributed by atoms with Crippen LogP contribution in [0.3, 0.4) is 0 Å². The van der Waals surface area contributed by atoms with Crippen molar-refractivity contribution in [2.24, 2.45) is 0 Å². The molecule has 1 aromatic carbocycles. The average molecular weight is 251 g/mol. The molecule has 0 saturated heterocycles. The maximum Gasteiger partial charge on any atom is 0.327 e. The van der Waals surface area contributed by atoms with Gasteiger partial charge in [-0.05, 0) is 12.1 Å². The standard InChI is InChI=1S/C10H10FN5O2/c11-7-2-1-3-8(10(7)16(17)18)12-5-4-9-13-6-14-15-9/h1-3,6,12H,4-5H2,(H,13,14,15). The van der Waals surface area contributed by atoms with Crippen molar-refractivity contribution in [2.75, 3.05) is 11.9 Å². The third-order valence-electron chi connectivity index (χ3n) is 2.31. The number of hydrogen-bond donors (Lipinski definition) is 2. The minimum atomic E-state index is -0.857. The summed E-state index contributed by atoms with van der Waals surface area (Å²) in [5.41, 5.74) is -0.394. The molecular weight excluding hydrogens is 241 g/mol. The van der Waals surface area contributed by atoms with E-state index in [9.17, 15) is 14.5 Å². The van der Waals surface area contributed by atoms with Crippen LogP contribution in [0.4, 0.5) is 15.8 Å². The molecule has 0 spiro atoms. The van der Waals surface area contributed by atoms with Crippen LogP contribution in [0.15, 0.2) is 24.5 Å². The maximum absolute atomic E-state index is 13.3. The Morgan fingerprint density at radius 2 is 2.33 bits per heavy atom. The first kappa shape index (κ1) is 12.0. The first-order valence-electron chi connectivity index (χ1n) is 5.19. The highest BCUT2D eigenvalue weighted by Gasteiger charge is 2.19. The lowest BCUT2D eigenvalue weighted by Gasteiger charge is -2.06. The van der Waals surface area contributed by atoms with E-state index < -0.39 is 16.4 Å². The third-order valence-corrected chi connectivity index (χ3v) is 2.31. The third kappa shape index (κ3) is 2.59. The number of rotatable bonds is 5. The van der Waals surface area contributed by atoms with Gasteiger partial charge in [0.25, 0.3) is 0 Å². The van der Waals surface area contributed by atoms with Crippen LogP contribution < -0.4 is 5.32 Å². The van der Waals surface area contributed by atoms with E-state index in [0.29, 0.717) is 18.8 Å². The molecule has 2 N–H and O–H groups in total. The number of aromatic nitrogens is 3. The first-order valence-corrected chi connectivity index (χ1v) is 5.19. The van der Waals surface area contributed by atoms with Crippen molar-refractivity contribution >= 4 is 11.4 Å². The Bertz CT molecular complexity index is 543. The Kier molecular flexibility index (Phi) is 3.46. The van der Waals surface area contributed by atoms with Gasteiger partial charge in [0.2, 0.25) is 5.82 Å². The molecule has 2 rings (SSSR count). The SMILES string of the molecule is O=[N+]([O-])c1c(F)cccc1NCCc1ncn[nH]1. The van der Waals surface area contributed by atoms with E-state index in [0.717, 1.165) is 6.07 Å². The number of nitro benzene ring substituents is 1. The maximum atomic E-state index is 13.3. The number of nitro groups is 1. The smallest absolute Gasteiger partial charge is 0.327 e. The summed E-state index contributed by atoms with van der Waals surface area (Å²) < 4.78 is 13.3. The fourth-order valence-corrected chi connectivity index (χ4v) is 1.51. The number of benzene rings is 1. The summed E-state index contributed by atoms with van der Waals surface area (Å²) in [6, 6.07) is 3.93. The van der Waals surface area contributed by atoms with Crippen molar-refractivity contribution in [3.63, 3.8) is 0 Å². The van der Waals surface area contributed by atoms with Crippen molar-refractivity contribution in [3.05, 3.63) is 46.3 Å². The lowest BCUT2D eigenvalue weighted by Crippen LogP contribution is -2.08. The summed E-state index contributed by atoms with van der Waals surface area (Å²) in [4.78, 5) is 13.9. The zero-order chi connectivity index (χ0) is 13.0. The Balaban J connectivity index is 2.05. The van der Waals surface area contributed by atoms with Gasteiger partial charge in [0.15, 0.2) is 0 Å². The molecule has 2 aromatic rings. The Labute approximate surface area is 101 Å². The van der Waals surface area contributed by atoms with Gasteiger partial charge in [0.1, 0.15) is 17.8 Å². The van der Waals surface area contributed by atoms with E-state index >= 15 is 0 Å². The molecule has 94 valence electrons. The average Bonchev–Trinajstić information content (AvgIpc) is 2.81. The predicted molar refractivity (Wildman–Crippen MR) is 61.6 cm³/mol. The molecule has 0 bridgehead atoms. The molecule has 1 aromatic heterocycles. The van der Waals surface area contributed by atoms with E-state index in [-0.39, 0.29) is 5.69 Å². The predicted octanol–water partition coefficient (Wildman–Crippen LogP) is 1.51. The van der Waals surface area contributed by atoms with Gasteiger partial charge in [-0.1, -0.05) is 6.07 Å². The summed E-state index contributed by atoms with van der Waals surface area (Å²) >= 11 is 0. The van der Waals surface area contributed by atoms with Gasteiger partial charge >= 0.3 is 5.69 Å². The Morgan fingerprint density at radius 1 is 1.50 bits per heavy atom. The topological polar surface area (TPSA) is 96.7 Å². The number of H-pyrrole nitrogens is 1. The molecule has 0 aliphatic heterocycles. The van der Waals surface area contributed by atoms with E-state index in [4.69, 9.17) is 0 Å². The molecule has 18 heavy (non-hydrogen) atoms. The summed E-state index contributed by atoms with van der Waals surface area (Å²) in [6.07, 6.45) is 1.88. The quantitative estimate of drug-likeness (QED) is 0.620. The normalized spacial score (nSPS) is 10.3. The van der Waals surface area contributed by atoms with E-state index in [2.05, 4.69) is 20.5 Å². The molecule has 8 heteroatoms. The van der Waals surface area contributed by atoms with Gasteiger partial charge < -0.3 is 5.32 Å². The fraction of sp³-hybridized carbons (Fsp3) is 0.200. The second kappa shape index (κ2) is 5.21. The van der Waals surface area contributed by atoms with Gasteiger partial charge in [-0.15, -0.1) is 0 Å². The van der Waals surface area contributed by atoms with Crippen LogP contribution in [0.5, 0.6) is 0 Å². The molecule has 1 heterocycles. The van der Waals surface area contributed by atoms with E-state index in [1.165, 1.54) is 18.5 Å². The zero-order valence-corrected chi connectivity index (χ0v) is 9.26. The second-order valence-corrected chi connectivity index (χ2v) is 3.50. The number of para-hydroxylation sites is 1. The number of aromatic amines is 1. The lowest BCUT2D eigenvalue weighted by atomic mass is 10.2. The number of nitrogens with one attached hydrogen (secondary N) is 2. The van der Waals surface area contributed by atoms with Crippen molar-refractivity contribution in [3.8, 4) is 0 Å². The van der Waals surface area contributed by atoms with Crippen LogP contribution in [0.25, 0.3) is 0 Å². The highest BCUT2D eigenvalue weighted by molar-refractivity contribution is 5.61. The Hall–Kier alpha value is -2.51. The molecule has 0 fully saturated rings. The summed E-state index contributed by atoms with van der Waals surface area (Å²) in [5.74, 6) is -0.203. The fourth-order valence-electron chi connectivity index (χ4n) is 1.51. The van der Waals surface area contributed by atoms with Crippen LogP contribution in [0.1, 0.15) is 5.82 Å². The van der Waals surface area contributed by atoms with Crippen LogP contribution in [0.2, 0.25) is 0 Å². The number of hydrogen-bond acceptors (Lipinski definition) is 5. The number of nitrogens with zero attached hydrogens (tertiary/aromatic N) is 3. The molecule has 0 amide bonds. The number of halogens is 1. The van der Waals surface area contributed by atoms with Gasteiger partial charge in [-0.2, -0.15) is 9.49 Å². The summed E-state index contributed by atoms with van der Waals surface area (Å²) in [6.45, 7) is 0.388. The molecule has 0 unspecified atom stereocenters. The molecule has 0 atom stereocenters. The molecule has 0 radical (unpaired) electrons. The zero-order valence-electron chi connectivity index (χ0n) is 9.26. The van der Waals surface area contributed by atoms with Gasteiger partial charge in [-0.3, -0.25) is 15.2 Å². The van der Waals surface area contributed by atoms with Crippen LogP contribution in [-0.2, 0) is 6.42 Å². The first-order chi connectivity index (χ1) is 8.68. The molecule has 0 aliphatic rings. The van der Waals surface area contributed by atoms with Crippen molar-refractivity contribution < 1.29 is 9.31 Å². The van der Waals surface area contributed by atoms with E-state index in [1.54, 1.807) is 0 Å². The number of anilines is 1. The van der Waals surface area contributed by atoms with Gasteiger partial charge in [0.05, 0.1) is 4.92 Å². The lowest BCUT2D eigenvalue weighted by molar-refractivity contribution is -0.386. The summed E-state index contributed by atoms with van der Waals surface area (Å²) in [5, 5.41) is 19.9.